The van der Waals surface area contributed by atoms with Crippen LogP contribution in [0, 0.1) is 10.1 Å². The van der Waals surface area contributed by atoms with Crippen molar-refractivity contribution >= 4 is 11.6 Å². The molecule has 104 valence electrons. The minimum absolute atomic E-state index is 0.0451. The first-order chi connectivity index (χ1) is 9.02. The molecule has 6 heteroatoms. The molecule has 0 aliphatic heterocycles. The van der Waals surface area contributed by atoms with Gasteiger partial charge in [-0.15, -0.1) is 0 Å². The number of benzene rings is 1. The lowest BCUT2D eigenvalue weighted by Gasteiger charge is -2.11. The van der Waals surface area contributed by atoms with Crippen molar-refractivity contribution in [3.05, 3.63) is 39.9 Å². The summed E-state index contributed by atoms with van der Waals surface area (Å²) < 4.78 is 0. The van der Waals surface area contributed by atoms with Crippen LogP contribution in [0.1, 0.15) is 25.8 Å². The Bertz CT molecular complexity index is 431. The normalized spacial score (nSPS) is 11.9. The van der Waals surface area contributed by atoms with Crippen molar-refractivity contribution in [2.75, 3.05) is 6.54 Å². The second-order valence-corrected chi connectivity index (χ2v) is 4.40. The first-order valence-corrected chi connectivity index (χ1v) is 6.26. The van der Waals surface area contributed by atoms with E-state index in [9.17, 15) is 14.9 Å². The number of carbonyl (C=O) groups is 1. The predicted molar refractivity (Wildman–Crippen MR) is 72.7 cm³/mol. The van der Waals surface area contributed by atoms with E-state index in [2.05, 4.69) is 10.6 Å². The average molecular weight is 265 g/mol. The van der Waals surface area contributed by atoms with Crippen LogP contribution >= 0.6 is 0 Å². The molecule has 1 rings (SSSR count). The molecule has 0 spiro atoms. The van der Waals surface area contributed by atoms with Crippen LogP contribution in [0.5, 0.6) is 0 Å². The van der Waals surface area contributed by atoms with Gasteiger partial charge >= 0.3 is 0 Å². The van der Waals surface area contributed by atoms with Crippen LogP contribution in [-0.4, -0.2) is 23.4 Å². The van der Waals surface area contributed by atoms with Crippen LogP contribution in [0.2, 0.25) is 0 Å². The highest BCUT2D eigenvalue weighted by atomic mass is 16.6. The third-order valence-corrected chi connectivity index (χ3v) is 2.78. The fourth-order valence-electron chi connectivity index (χ4n) is 1.48. The summed E-state index contributed by atoms with van der Waals surface area (Å²) in [5, 5.41) is 16.3. The number of hydrogen-bond donors (Lipinski definition) is 2. The summed E-state index contributed by atoms with van der Waals surface area (Å²) in [5.41, 5.74) is 0.972. The molecule has 6 nitrogen and oxygen atoms in total. The van der Waals surface area contributed by atoms with Gasteiger partial charge in [-0.1, -0.05) is 19.1 Å². The Balaban J connectivity index is 2.33. The zero-order valence-electron chi connectivity index (χ0n) is 11.2. The first kappa shape index (κ1) is 15.1. The van der Waals surface area contributed by atoms with E-state index in [1.165, 1.54) is 12.1 Å². The van der Waals surface area contributed by atoms with E-state index in [1.54, 1.807) is 12.1 Å². The minimum atomic E-state index is -0.434. The number of nitro groups is 1. The fourth-order valence-corrected chi connectivity index (χ4v) is 1.48. The Morgan fingerprint density at radius 2 is 2.00 bits per heavy atom. The maximum Gasteiger partial charge on any atom is 0.269 e. The zero-order chi connectivity index (χ0) is 14.3. The molecule has 2 N–H and O–H groups in total. The van der Waals surface area contributed by atoms with Gasteiger partial charge in [0.1, 0.15) is 0 Å². The van der Waals surface area contributed by atoms with Crippen molar-refractivity contribution in [3.63, 3.8) is 0 Å². The number of carbonyl (C=O) groups excluding carboxylic acids is 1. The summed E-state index contributed by atoms with van der Waals surface area (Å²) in [4.78, 5) is 21.5. The van der Waals surface area contributed by atoms with Crippen LogP contribution < -0.4 is 10.6 Å². The van der Waals surface area contributed by atoms with Gasteiger partial charge in [-0.2, -0.15) is 0 Å². The second-order valence-electron chi connectivity index (χ2n) is 4.40. The van der Waals surface area contributed by atoms with Crippen LogP contribution in [0.3, 0.4) is 0 Å². The zero-order valence-corrected chi connectivity index (χ0v) is 11.2. The number of rotatable bonds is 7. The Kier molecular flexibility index (Phi) is 5.95. The smallest absolute Gasteiger partial charge is 0.269 e. The SMILES string of the molecule is CCC(C)NC(=O)CNCc1ccc([N+](=O)[O-])cc1. The van der Waals surface area contributed by atoms with E-state index >= 15 is 0 Å². The Morgan fingerprint density at radius 1 is 1.37 bits per heavy atom. The molecule has 0 saturated heterocycles. The molecular weight excluding hydrogens is 246 g/mol. The predicted octanol–water partition coefficient (Wildman–Crippen LogP) is 1.60. The number of nitrogens with one attached hydrogen (secondary N) is 2. The molecule has 1 aromatic rings. The molecular formula is C13H19N3O3. The highest BCUT2D eigenvalue weighted by Gasteiger charge is 2.06. The molecule has 0 heterocycles. The number of amides is 1. The van der Waals surface area contributed by atoms with Gasteiger partial charge in [0.2, 0.25) is 5.91 Å². The lowest BCUT2D eigenvalue weighted by molar-refractivity contribution is -0.384. The summed E-state index contributed by atoms with van der Waals surface area (Å²) in [6.45, 7) is 4.71. The largest absolute Gasteiger partial charge is 0.353 e. The standard InChI is InChI=1S/C13H19N3O3/c1-3-10(2)15-13(17)9-14-8-11-4-6-12(7-5-11)16(18)19/h4-7,10,14H,3,8-9H2,1-2H3,(H,15,17). The van der Waals surface area contributed by atoms with Crippen molar-refractivity contribution in [1.82, 2.24) is 10.6 Å². The minimum Gasteiger partial charge on any atom is -0.353 e. The lowest BCUT2D eigenvalue weighted by atomic mass is 10.2. The number of nitro benzene ring substituents is 1. The Labute approximate surface area is 112 Å². The van der Waals surface area contributed by atoms with Gasteiger partial charge in [0.05, 0.1) is 11.5 Å². The molecule has 1 atom stereocenters. The van der Waals surface area contributed by atoms with Gasteiger partial charge in [0, 0.05) is 24.7 Å². The van der Waals surface area contributed by atoms with E-state index in [1.807, 2.05) is 13.8 Å². The molecule has 0 aliphatic rings. The molecule has 1 amide bonds. The van der Waals surface area contributed by atoms with Crippen LogP contribution in [0.15, 0.2) is 24.3 Å². The summed E-state index contributed by atoms with van der Waals surface area (Å²) in [6.07, 6.45) is 0.897. The quantitative estimate of drug-likeness (QED) is 0.579. The molecule has 19 heavy (non-hydrogen) atoms. The maximum atomic E-state index is 11.5. The topological polar surface area (TPSA) is 84.3 Å². The first-order valence-electron chi connectivity index (χ1n) is 6.26. The van der Waals surface area contributed by atoms with Gasteiger partial charge in [0.15, 0.2) is 0 Å². The highest BCUT2D eigenvalue weighted by Crippen LogP contribution is 2.11. The molecule has 0 radical (unpaired) electrons. The van der Waals surface area contributed by atoms with Gasteiger partial charge in [-0.05, 0) is 18.9 Å². The third-order valence-electron chi connectivity index (χ3n) is 2.78. The molecule has 0 bridgehead atoms. The summed E-state index contributed by atoms with van der Waals surface area (Å²) in [6, 6.07) is 6.44. The molecule has 0 fully saturated rings. The van der Waals surface area contributed by atoms with E-state index < -0.39 is 4.92 Å². The second kappa shape index (κ2) is 7.48. The van der Waals surface area contributed by atoms with E-state index in [0.29, 0.717) is 6.54 Å². The average Bonchev–Trinajstić information content (AvgIpc) is 2.39. The van der Waals surface area contributed by atoms with Crippen molar-refractivity contribution in [2.45, 2.75) is 32.9 Å². The molecule has 1 aromatic carbocycles. The molecule has 0 aromatic heterocycles. The van der Waals surface area contributed by atoms with E-state index in [0.717, 1.165) is 12.0 Å². The fraction of sp³-hybridized carbons (Fsp3) is 0.462. The van der Waals surface area contributed by atoms with E-state index in [-0.39, 0.29) is 24.2 Å². The van der Waals surface area contributed by atoms with Gasteiger partial charge < -0.3 is 10.6 Å². The van der Waals surface area contributed by atoms with Crippen molar-refractivity contribution in [2.24, 2.45) is 0 Å². The highest BCUT2D eigenvalue weighted by molar-refractivity contribution is 5.78. The van der Waals surface area contributed by atoms with Crippen LogP contribution in [0.25, 0.3) is 0 Å². The summed E-state index contributed by atoms with van der Waals surface area (Å²) in [5.74, 6) is -0.0451. The molecule has 0 saturated carbocycles. The summed E-state index contributed by atoms with van der Waals surface area (Å²) in [7, 11) is 0. The Morgan fingerprint density at radius 3 is 2.53 bits per heavy atom. The molecule has 1 unspecified atom stereocenters. The monoisotopic (exact) mass is 265 g/mol. The Hall–Kier alpha value is -1.95. The number of non-ortho nitro benzene ring substituents is 1. The van der Waals surface area contributed by atoms with Crippen LogP contribution in [-0.2, 0) is 11.3 Å². The van der Waals surface area contributed by atoms with Crippen molar-refractivity contribution < 1.29 is 9.72 Å². The summed E-state index contributed by atoms with van der Waals surface area (Å²) >= 11 is 0. The molecule has 0 aliphatic carbocycles. The van der Waals surface area contributed by atoms with E-state index in [4.69, 9.17) is 0 Å². The number of hydrogen-bond acceptors (Lipinski definition) is 4. The van der Waals surface area contributed by atoms with Crippen LogP contribution in [0.4, 0.5) is 5.69 Å². The number of nitrogens with zero attached hydrogens (tertiary/aromatic N) is 1. The van der Waals surface area contributed by atoms with Crippen molar-refractivity contribution in [3.8, 4) is 0 Å². The lowest BCUT2D eigenvalue weighted by Crippen LogP contribution is -2.38. The van der Waals surface area contributed by atoms with Gasteiger partial charge in [-0.3, -0.25) is 14.9 Å². The third kappa shape index (κ3) is 5.48. The maximum absolute atomic E-state index is 11.5. The van der Waals surface area contributed by atoms with Gasteiger partial charge in [0.25, 0.3) is 5.69 Å². The van der Waals surface area contributed by atoms with Crippen molar-refractivity contribution in [1.29, 1.82) is 0 Å². The van der Waals surface area contributed by atoms with Gasteiger partial charge in [-0.25, -0.2) is 0 Å².